The number of carbonyl (C=O) groups excluding carboxylic acids is 1. The Balaban J connectivity index is 2.98. The average molecular weight is 207 g/mol. The van der Waals surface area contributed by atoms with Crippen molar-refractivity contribution in [3.63, 3.8) is 0 Å². The summed E-state index contributed by atoms with van der Waals surface area (Å²) >= 11 is 0. The molecule has 1 aromatic carbocycles. The van der Waals surface area contributed by atoms with Gasteiger partial charge in [0.1, 0.15) is 5.75 Å². The Kier molecular flexibility index (Phi) is 3.88. The van der Waals surface area contributed by atoms with E-state index >= 15 is 0 Å². The molecule has 0 bridgehead atoms. The summed E-state index contributed by atoms with van der Waals surface area (Å²) in [6.45, 7) is 0.401. The maximum absolute atomic E-state index is 11.1. The van der Waals surface area contributed by atoms with Gasteiger partial charge in [-0.15, -0.1) is 0 Å². The van der Waals surface area contributed by atoms with Crippen molar-refractivity contribution in [2.45, 2.75) is 0 Å². The minimum Gasteiger partial charge on any atom is -0.507 e. The molecule has 0 saturated carbocycles. The summed E-state index contributed by atoms with van der Waals surface area (Å²) in [6, 6.07) is 4.58. The quantitative estimate of drug-likeness (QED) is 0.729. The molecular weight excluding hydrogens is 194 g/mol. The van der Waals surface area contributed by atoms with E-state index < -0.39 is 5.97 Å². The predicted octanol–water partition coefficient (Wildman–Crippen LogP) is 1.15. The molecular formula is C11H13NO3. The highest BCUT2D eigenvalue weighted by Crippen LogP contribution is 2.20. The van der Waals surface area contributed by atoms with Crippen LogP contribution in [0.5, 0.6) is 5.75 Å². The van der Waals surface area contributed by atoms with Crippen LogP contribution in [0.15, 0.2) is 24.3 Å². The normalized spacial score (nSPS) is 10.5. The molecule has 1 aromatic rings. The lowest BCUT2D eigenvalue weighted by Crippen LogP contribution is -2.00. The molecule has 4 heteroatoms. The van der Waals surface area contributed by atoms with E-state index in [0.29, 0.717) is 17.7 Å². The maximum Gasteiger partial charge on any atom is 0.337 e. The van der Waals surface area contributed by atoms with Gasteiger partial charge in [0.2, 0.25) is 0 Å². The second kappa shape index (κ2) is 5.17. The van der Waals surface area contributed by atoms with Gasteiger partial charge in [0.05, 0.1) is 12.7 Å². The van der Waals surface area contributed by atoms with Crippen LogP contribution in [0.1, 0.15) is 15.9 Å². The Morgan fingerprint density at radius 2 is 2.33 bits per heavy atom. The second-order valence-corrected chi connectivity index (χ2v) is 2.90. The molecule has 80 valence electrons. The minimum atomic E-state index is -0.473. The molecule has 0 aromatic heterocycles. The fourth-order valence-electron chi connectivity index (χ4n) is 1.12. The van der Waals surface area contributed by atoms with Crippen molar-refractivity contribution in [3.8, 4) is 5.75 Å². The van der Waals surface area contributed by atoms with Crippen LogP contribution in [0.4, 0.5) is 0 Å². The molecule has 3 N–H and O–H groups in total. The highest BCUT2D eigenvalue weighted by molar-refractivity contribution is 5.90. The highest BCUT2D eigenvalue weighted by Gasteiger charge is 2.07. The van der Waals surface area contributed by atoms with Crippen LogP contribution in [0, 0.1) is 0 Å². The van der Waals surface area contributed by atoms with E-state index in [4.69, 9.17) is 5.73 Å². The smallest absolute Gasteiger partial charge is 0.337 e. The molecule has 0 amide bonds. The number of hydrogen-bond acceptors (Lipinski definition) is 4. The van der Waals surface area contributed by atoms with Gasteiger partial charge in [-0.05, 0) is 12.1 Å². The first kappa shape index (κ1) is 11.3. The maximum atomic E-state index is 11.1. The number of esters is 1. The number of benzene rings is 1. The van der Waals surface area contributed by atoms with Gasteiger partial charge in [0.25, 0.3) is 0 Å². The first-order chi connectivity index (χ1) is 7.19. The lowest BCUT2D eigenvalue weighted by molar-refractivity contribution is 0.0600. The van der Waals surface area contributed by atoms with E-state index in [9.17, 15) is 9.90 Å². The van der Waals surface area contributed by atoms with Crippen LogP contribution in [-0.4, -0.2) is 24.7 Å². The number of aromatic hydroxyl groups is 1. The summed E-state index contributed by atoms with van der Waals surface area (Å²) in [5, 5.41) is 9.56. The molecule has 0 aliphatic heterocycles. The van der Waals surface area contributed by atoms with Gasteiger partial charge in [-0.3, -0.25) is 0 Å². The molecule has 0 aliphatic rings. The van der Waals surface area contributed by atoms with Crippen molar-refractivity contribution in [2.75, 3.05) is 13.7 Å². The molecule has 0 saturated heterocycles. The second-order valence-electron chi connectivity index (χ2n) is 2.90. The average Bonchev–Trinajstić information content (AvgIpc) is 2.26. The number of rotatable bonds is 3. The number of hydrogen-bond donors (Lipinski definition) is 2. The van der Waals surface area contributed by atoms with E-state index in [0.717, 1.165) is 0 Å². The Labute approximate surface area is 88.0 Å². The van der Waals surface area contributed by atoms with Crippen LogP contribution in [-0.2, 0) is 4.74 Å². The van der Waals surface area contributed by atoms with Gasteiger partial charge < -0.3 is 15.6 Å². The van der Waals surface area contributed by atoms with Crippen molar-refractivity contribution < 1.29 is 14.6 Å². The van der Waals surface area contributed by atoms with Gasteiger partial charge in [0.15, 0.2) is 0 Å². The zero-order valence-corrected chi connectivity index (χ0v) is 8.43. The van der Waals surface area contributed by atoms with Crippen molar-refractivity contribution in [1.29, 1.82) is 0 Å². The molecule has 15 heavy (non-hydrogen) atoms. The molecule has 0 radical (unpaired) electrons. The topological polar surface area (TPSA) is 72.5 Å². The molecule has 0 fully saturated rings. The fraction of sp³-hybridized carbons (Fsp3) is 0.182. The Bertz CT molecular complexity index is 385. The zero-order chi connectivity index (χ0) is 11.3. The standard InChI is InChI=1S/C11H13NO3/c1-15-11(14)9-5-4-8(3-2-6-12)10(13)7-9/h2-5,7,13H,6,12H2,1H3. The molecule has 1 rings (SSSR count). The zero-order valence-electron chi connectivity index (χ0n) is 8.43. The Morgan fingerprint density at radius 3 is 2.87 bits per heavy atom. The van der Waals surface area contributed by atoms with Gasteiger partial charge in [0, 0.05) is 12.1 Å². The number of nitrogens with two attached hydrogens (primary N) is 1. The molecule has 4 nitrogen and oxygen atoms in total. The Morgan fingerprint density at radius 1 is 1.60 bits per heavy atom. The summed E-state index contributed by atoms with van der Waals surface area (Å²) in [5.41, 5.74) is 6.22. The Hall–Kier alpha value is -1.81. The van der Waals surface area contributed by atoms with E-state index in [2.05, 4.69) is 4.74 Å². The van der Waals surface area contributed by atoms with Crippen LogP contribution >= 0.6 is 0 Å². The monoisotopic (exact) mass is 207 g/mol. The number of ether oxygens (including phenoxy) is 1. The lowest BCUT2D eigenvalue weighted by atomic mass is 10.1. The first-order valence-electron chi connectivity index (χ1n) is 4.47. The summed E-state index contributed by atoms with van der Waals surface area (Å²) in [6.07, 6.45) is 3.41. The van der Waals surface area contributed by atoms with Crippen molar-refractivity contribution in [1.82, 2.24) is 0 Å². The third-order valence-corrected chi connectivity index (χ3v) is 1.89. The van der Waals surface area contributed by atoms with E-state index in [1.54, 1.807) is 24.3 Å². The molecule has 0 heterocycles. The van der Waals surface area contributed by atoms with Crippen LogP contribution in [0.3, 0.4) is 0 Å². The molecule has 0 unspecified atom stereocenters. The third-order valence-electron chi connectivity index (χ3n) is 1.89. The van der Waals surface area contributed by atoms with Crippen molar-refractivity contribution in [2.24, 2.45) is 5.73 Å². The van der Waals surface area contributed by atoms with E-state index in [1.165, 1.54) is 13.2 Å². The lowest BCUT2D eigenvalue weighted by Gasteiger charge is -2.02. The van der Waals surface area contributed by atoms with Gasteiger partial charge in [-0.25, -0.2) is 4.79 Å². The van der Waals surface area contributed by atoms with Gasteiger partial charge >= 0.3 is 5.97 Å². The molecule has 0 atom stereocenters. The number of phenolic OH excluding ortho intramolecular Hbond substituents is 1. The molecule has 0 aliphatic carbocycles. The van der Waals surface area contributed by atoms with Crippen LogP contribution in [0.25, 0.3) is 6.08 Å². The first-order valence-corrected chi connectivity index (χ1v) is 4.47. The number of carbonyl (C=O) groups is 1. The minimum absolute atomic E-state index is 0.0302. The molecule has 0 spiro atoms. The van der Waals surface area contributed by atoms with Gasteiger partial charge in [-0.1, -0.05) is 18.2 Å². The third kappa shape index (κ3) is 2.82. The summed E-state index contributed by atoms with van der Waals surface area (Å²) in [4.78, 5) is 11.1. The fourth-order valence-corrected chi connectivity index (χ4v) is 1.12. The predicted molar refractivity (Wildman–Crippen MR) is 57.5 cm³/mol. The van der Waals surface area contributed by atoms with Crippen LogP contribution in [0.2, 0.25) is 0 Å². The summed E-state index contributed by atoms with van der Waals surface area (Å²) in [7, 11) is 1.29. The van der Waals surface area contributed by atoms with Crippen molar-refractivity contribution in [3.05, 3.63) is 35.4 Å². The van der Waals surface area contributed by atoms with E-state index in [1.807, 2.05) is 0 Å². The number of methoxy groups -OCH3 is 1. The van der Waals surface area contributed by atoms with Crippen molar-refractivity contribution >= 4 is 12.0 Å². The van der Waals surface area contributed by atoms with E-state index in [-0.39, 0.29) is 5.75 Å². The summed E-state index contributed by atoms with van der Waals surface area (Å²) < 4.78 is 4.52. The number of phenols is 1. The SMILES string of the molecule is COC(=O)c1ccc(C=CCN)c(O)c1. The van der Waals surface area contributed by atoms with Gasteiger partial charge in [-0.2, -0.15) is 0 Å². The largest absolute Gasteiger partial charge is 0.507 e. The van der Waals surface area contributed by atoms with Crippen LogP contribution < -0.4 is 5.73 Å². The summed E-state index contributed by atoms with van der Waals surface area (Å²) in [5.74, 6) is -0.442. The highest BCUT2D eigenvalue weighted by atomic mass is 16.5.